The lowest BCUT2D eigenvalue weighted by Crippen LogP contribution is -2.28. The number of hydrogen-bond acceptors (Lipinski definition) is 3. The molecule has 4 rings (SSSR count). The van der Waals surface area contributed by atoms with Crippen molar-refractivity contribution in [2.24, 2.45) is 0 Å². The third-order valence-corrected chi connectivity index (χ3v) is 7.99. The molecule has 3 aromatic rings. The van der Waals surface area contributed by atoms with Crippen LogP contribution in [-0.2, 0) is 22.9 Å². The summed E-state index contributed by atoms with van der Waals surface area (Å²) in [6, 6.07) is 18.8. The van der Waals surface area contributed by atoms with Gasteiger partial charge in [-0.05, 0) is 91.4 Å². The fourth-order valence-electron chi connectivity index (χ4n) is 3.95. The highest BCUT2D eigenvalue weighted by Crippen LogP contribution is 2.26. The van der Waals surface area contributed by atoms with Gasteiger partial charge in [-0.25, -0.2) is 8.42 Å². The maximum Gasteiger partial charge on any atom is 0.264 e. The molecule has 0 aromatic heterocycles. The molecule has 1 aliphatic carbocycles. The number of nitrogens with zero attached hydrogens (tertiary/aromatic N) is 1. The SMILES string of the molecule is CC(NC(=O)c1ccc(N(C)S(=O)(=O)c2ccc(Cl)cc2)cc1)c1ccc2c(c1)CCC2. The van der Waals surface area contributed by atoms with Crippen LogP contribution in [-0.4, -0.2) is 21.4 Å². The van der Waals surface area contributed by atoms with Crippen molar-refractivity contribution in [2.45, 2.75) is 37.1 Å². The number of hydrogen-bond donors (Lipinski definition) is 1. The lowest BCUT2D eigenvalue weighted by molar-refractivity contribution is 0.0940. The minimum absolute atomic E-state index is 0.124. The van der Waals surface area contributed by atoms with E-state index in [4.69, 9.17) is 11.6 Å². The molecule has 0 radical (unpaired) electrons. The van der Waals surface area contributed by atoms with Crippen molar-refractivity contribution in [3.05, 3.63) is 94.0 Å². The van der Waals surface area contributed by atoms with E-state index in [-0.39, 0.29) is 16.8 Å². The summed E-state index contributed by atoms with van der Waals surface area (Å²) >= 11 is 5.86. The Morgan fingerprint density at radius 2 is 1.62 bits per heavy atom. The quantitative estimate of drug-likeness (QED) is 0.544. The zero-order valence-electron chi connectivity index (χ0n) is 18.0. The molecule has 0 aliphatic heterocycles. The summed E-state index contributed by atoms with van der Waals surface area (Å²) < 4.78 is 26.9. The lowest BCUT2D eigenvalue weighted by atomic mass is 10.0. The predicted octanol–water partition coefficient (Wildman–Crippen LogP) is 5.14. The van der Waals surface area contributed by atoms with Gasteiger partial charge in [0.1, 0.15) is 0 Å². The Balaban J connectivity index is 1.45. The first-order valence-corrected chi connectivity index (χ1v) is 12.3. The molecule has 5 nitrogen and oxygen atoms in total. The number of aryl methyl sites for hydroxylation is 2. The summed E-state index contributed by atoms with van der Waals surface area (Å²) in [4.78, 5) is 12.9. The van der Waals surface area contributed by atoms with E-state index in [0.29, 0.717) is 16.3 Å². The third-order valence-electron chi connectivity index (χ3n) is 5.94. The minimum atomic E-state index is -3.73. The highest BCUT2D eigenvalue weighted by atomic mass is 35.5. The molecule has 1 aliphatic rings. The molecule has 0 saturated heterocycles. The van der Waals surface area contributed by atoms with E-state index in [2.05, 4.69) is 23.5 Å². The topological polar surface area (TPSA) is 66.5 Å². The van der Waals surface area contributed by atoms with Crippen molar-refractivity contribution in [3.8, 4) is 0 Å². The number of carbonyl (C=O) groups is 1. The van der Waals surface area contributed by atoms with Crippen LogP contribution in [0.15, 0.2) is 71.6 Å². The molecule has 32 heavy (non-hydrogen) atoms. The molecule has 7 heteroatoms. The molecule has 1 unspecified atom stereocenters. The average Bonchev–Trinajstić information content (AvgIpc) is 3.27. The summed E-state index contributed by atoms with van der Waals surface area (Å²) in [6.45, 7) is 1.97. The zero-order valence-corrected chi connectivity index (χ0v) is 19.6. The van der Waals surface area contributed by atoms with Crippen LogP contribution in [0.4, 0.5) is 5.69 Å². The Hall–Kier alpha value is -2.83. The Bertz CT molecular complexity index is 1240. The second-order valence-corrected chi connectivity index (χ2v) is 10.5. The number of fused-ring (bicyclic) bond motifs is 1. The predicted molar refractivity (Wildman–Crippen MR) is 128 cm³/mol. The van der Waals surface area contributed by atoms with E-state index in [0.717, 1.165) is 18.4 Å². The van der Waals surface area contributed by atoms with Crippen molar-refractivity contribution < 1.29 is 13.2 Å². The van der Waals surface area contributed by atoms with Gasteiger partial charge >= 0.3 is 0 Å². The number of rotatable bonds is 6. The molecule has 0 heterocycles. The van der Waals surface area contributed by atoms with Crippen molar-refractivity contribution in [2.75, 3.05) is 11.4 Å². The molecule has 1 atom stereocenters. The maximum atomic E-state index is 12.8. The molecule has 3 aromatic carbocycles. The van der Waals surface area contributed by atoms with Gasteiger partial charge in [0.25, 0.3) is 15.9 Å². The highest BCUT2D eigenvalue weighted by molar-refractivity contribution is 7.92. The van der Waals surface area contributed by atoms with Crippen molar-refractivity contribution >= 4 is 33.2 Å². The van der Waals surface area contributed by atoms with Crippen LogP contribution >= 0.6 is 11.6 Å². The van der Waals surface area contributed by atoms with E-state index in [9.17, 15) is 13.2 Å². The molecule has 0 fully saturated rings. The van der Waals surface area contributed by atoms with Crippen LogP contribution in [0.3, 0.4) is 0 Å². The second-order valence-electron chi connectivity index (χ2n) is 8.05. The minimum Gasteiger partial charge on any atom is -0.346 e. The lowest BCUT2D eigenvalue weighted by Gasteiger charge is -2.20. The molecular weight excluding hydrogens is 444 g/mol. The Labute approximate surface area is 194 Å². The van der Waals surface area contributed by atoms with E-state index in [1.807, 2.05) is 6.92 Å². The average molecular weight is 469 g/mol. The fourth-order valence-corrected chi connectivity index (χ4v) is 5.27. The van der Waals surface area contributed by atoms with E-state index in [1.165, 1.54) is 53.2 Å². The first-order valence-electron chi connectivity index (χ1n) is 10.5. The van der Waals surface area contributed by atoms with Crippen LogP contribution in [0.25, 0.3) is 0 Å². The van der Waals surface area contributed by atoms with Crippen molar-refractivity contribution in [1.29, 1.82) is 0 Å². The van der Waals surface area contributed by atoms with Gasteiger partial charge in [-0.2, -0.15) is 0 Å². The smallest absolute Gasteiger partial charge is 0.264 e. The highest BCUT2D eigenvalue weighted by Gasteiger charge is 2.22. The van der Waals surface area contributed by atoms with Gasteiger partial charge in [0.15, 0.2) is 0 Å². The summed E-state index contributed by atoms with van der Waals surface area (Å²) in [5, 5.41) is 3.50. The summed E-state index contributed by atoms with van der Waals surface area (Å²) in [5.74, 6) is -0.201. The number of nitrogens with one attached hydrogen (secondary N) is 1. The van der Waals surface area contributed by atoms with Gasteiger partial charge in [-0.1, -0.05) is 29.8 Å². The van der Waals surface area contributed by atoms with Gasteiger partial charge in [0.2, 0.25) is 0 Å². The fraction of sp³-hybridized carbons (Fsp3) is 0.240. The third kappa shape index (κ3) is 4.52. The first kappa shape index (κ1) is 22.4. The van der Waals surface area contributed by atoms with Crippen LogP contribution in [0.1, 0.15) is 46.4 Å². The number of halogens is 1. The molecule has 166 valence electrons. The van der Waals surface area contributed by atoms with Crippen LogP contribution < -0.4 is 9.62 Å². The molecule has 0 bridgehead atoms. The first-order chi connectivity index (χ1) is 15.3. The van der Waals surface area contributed by atoms with Gasteiger partial charge in [0.05, 0.1) is 16.6 Å². The number of amides is 1. The Kier molecular flexibility index (Phi) is 6.26. The summed E-state index contributed by atoms with van der Waals surface area (Å²) in [5.41, 5.74) is 4.80. The molecular formula is C25H25ClN2O3S. The van der Waals surface area contributed by atoms with Gasteiger partial charge < -0.3 is 5.32 Å². The standard InChI is InChI=1S/C25H25ClN2O3S/c1-17(20-7-6-18-4-3-5-21(18)16-20)27-25(29)19-8-12-23(13-9-19)28(2)32(30,31)24-14-10-22(26)11-15-24/h6-17H,3-5H2,1-2H3,(H,27,29). The van der Waals surface area contributed by atoms with Gasteiger partial charge in [-0.15, -0.1) is 0 Å². The summed E-state index contributed by atoms with van der Waals surface area (Å²) in [7, 11) is -2.25. The van der Waals surface area contributed by atoms with Crippen LogP contribution in [0, 0.1) is 0 Å². The van der Waals surface area contributed by atoms with Crippen LogP contribution in [0.5, 0.6) is 0 Å². The van der Waals surface area contributed by atoms with E-state index < -0.39 is 10.0 Å². The number of benzene rings is 3. The maximum absolute atomic E-state index is 12.8. The number of sulfonamides is 1. The van der Waals surface area contributed by atoms with Gasteiger partial charge in [0, 0.05) is 17.6 Å². The number of carbonyl (C=O) groups excluding carboxylic acids is 1. The largest absolute Gasteiger partial charge is 0.346 e. The van der Waals surface area contributed by atoms with E-state index in [1.54, 1.807) is 24.3 Å². The normalized spacial score (nSPS) is 14.0. The Morgan fingerprint density at radius 3 is 2.31 bits per heavy atom. The van der Waals surface area contributed by atoms with Crippen molar-refractivity contribution in [3.63, 3.8) is 0 Å². The molecule has 0 spiro atoms. The van der Waals surface area contributed by atoms with Gasteiger partial charge in [-0.3, -0.25) is 9.10 Å². The Morgan fingerprint density at radius 1 is 0.969 bits per heavy atom. The summed E-state index contributed by atoms with van der Waals surface area (Å²) in [6.07, 6.45) is 3.41. The zero-order chi connectivity index (χ0) is 22.9. The molecule has 0 saturated carbocycles. The monoisotopic (exact) mass is 468 g/mol. The molecule has 1 amide bonds. The molecule has 1 N–H and O–H groups in total. The van der Waals surface area contributed by atoms with Crippen LogP contribution in [0.2, 0.25) is 5.02 Å². The van der Waals surface area contributed by atoms with E-state index >= 15 is 0 Å². The second kappa shape index (κ2) is 8.96. The number of anilines is 1. The van der Waals surface area contributed by atoms with Crippen molar-refractivity contribution in [1.82, 2.24) is 5.32 Å².